The fourth-order valence-electron chi connectivity index (χ4n) is 2.82. The van der Waals surface area contributed by atoms with Gasteiger partial charge in [-0.3, -0.25) is 0 Å². The Kier molecular flexibility index (Phi) is 3.36. The number of allylic oxidation sites excluding steroid dienone is 2. The summed E-state index contributed by atoms with van der Waals surface area (Å²) in [6.45, 7) is 3.50. The predicted octanol–water partition coefficient (Wildman–Crippen LogP) is 2.53. The third-order valence-electron chi connectivity index (χ3n) is 3.61. The van der Waals surface area contributed by atoms with Crippen molar-refractivity contribution in [2.24, 2.45) is 16.2 Å². The average Bonchev–Trinajstić information content (AvgIpc) is 2.36. The lowest BCUT2D eigenvalue weighted by Crippen LogP contribution is -2.40. The van der Waals surface area contributed by atoms with E-state index in [1.807, 2.05) is 6.92 Å². The molecule has 1 saturated carbocycles. The minimum Gasteiger partial charge on any atom is -0.494 e. The summed E-state index contributed by atoms with van der Waals surface area (Å²) < 4.78 is 5.85. The minimum absolute atomic E-state index is 0.102. The van der Waals surface area contributed by atoms with Gasteiger partial charge in [0.15, 0.2) is 0 Å². The number of nitrogens with zero attached hydrogens (tertiary/aromatic N) is 2. The van der Waals surface area contributed by atoms with Gasteiger partial charge >= 0.3 is 0 Å². The maximum atomic E-state index is 9.22. The second kappa shape index (κ2) is 4.77. The molecule has 0 amide bonds. The van der Waals surface area contributed by atoms with Gasteiger partial charge in [-0.15, -0.1) is 0 Å². The average molecular weight is 238 g/mol. The Balaban J connectivity index is 2.42. The first-order valence-electron chi connectivity index (χ1n) is 5.98. The van der Waals surface area contributed by atoms with Crippen molar-refractivity contribution in [2.45, 2.75) is 45.6 Å². The molecule has 0 aromatic carbocycles. The van der Waals surface area contributed by atoms with Crippen LogP contribution in [0.25, 0.3) is 0 Å². The van der Waals surface area contributed by atoms with Crippen molar-refractivity contribution in [3.05, 3.63) is 11.3 Å². The van der Waals surface area contributed by atoms with Crippen LogP contribution in [0.3, 0.4) is 0 Å². The fourth-order valence-corrected chi connectivity index (χ4v) is 2.82. The van der Waals surface area contributed by atoms with Crippen LogP contribution in [0.15, 0.2) is 21.6 Å². The molecule has 5 nitrogen and oxygen atoms in total. The van der Waals surface area contributed by atoms with Crippen LogP contribution in [0.2, 0.25) is 0 Å². The zero-order valence-electron chi connectivity index (χ0n) is 10.2. The van der Waals surface area contributed by atoms with Gasteiger partial charge in [0.25, 0.3) is 0 Å². The number of ether oxygens (including phenoxy) is 1. The van der Waals surface area contributed by atoms with E-state index in [2.05, 4.69) is 10.3 Å². The Morgan fingerprint density at radius 3 is 2.65 bits per heavy atom. The molecular formula is C12H18N2O3. The molecule has 0 radical (unpaired) electrons. The van der Waals surface area contributed by atoms with Crippen LogP contribution < -0.4 is 0 Å². The molecule has 1 aliphatic heterocycles. The van der Waals surface area contributed by atoms with E-state index in [0.29, 0.717) is 22.8 Å². The maximum Gasteiger partial charge on any atom is 0.107 e. The molecule has 5 heteroatoms. The highest BCUT2D eigenvalue weighted by atomic mass is 16.5. The van der Waals surface area contributed by atoms with Crippen LogP contribution in [-0.2, 0) is 4.74 Å². The van der Waals surface area contributed by atoms with E-state index in [9.17, 15) is 5.21 Å². The summed E-state index contributed by atoms with van der Waals surface area (Å²) in [7, 11) is 0. The molecule has 1 aliphatic carbocycles. The van der Waals surface area contributed by atoms with Gasteiger partial charge in [-0.05, 0) is 33.1 Å². The van der Waals surface area contributed by atoms with Gasteiger partial charge < -0.3 is 15.2 Å². The van der Waals surface area contributed by atoms with Gasteiger partial charge in [-0.2, -0.15) is 0 Å². The molecule has 2 N–H and O–H groups in total. The Bertz CT molecular complexity index is 399. The fraction of sp³-hybridized carbons (Fsp3) is 0.667. The first kappa shape index (κ1) is 12.0. The summed E-state index contributed by atoms with van der Waals surface area (Å²) in [5, 5.41) is 24.7. The number of oxime groups is 2. The SMILES string of the molecule is CC1=C(/C(C)=N/O)/C(=N/O)[C@@H]2CCCC[C@@H]2O1. The molecular weight excluding hydrogens is 220 g/mol. The monoisotopic (exact) mass is 238 g/mol. The van der Waals surface area contributed by atoms with E-state index in [-0.39, 0.29) is 12.0 Å². The van der Waals surface area contributed by atoms with Crippen LogP contribution in [0, 0.1) is 5.92 Å². The van der Waals surface area contributed by atoms with E-state index in [4.69, 9.17) is 9.94 Å². The number of hydrogen-bond acceptors (Lipinski definition) is 5. The molecule has 0 aromatic rings. The number of rotatable bonds is 1. The molecule has 1 heterocycles. The van der Waals surface area contributed by atoms with Crippen molar-refractivity contribution in [2.75, 3.05) is 0 Å². The summed E-state index contributed by atoms with van der Waals surface area (Å²) in [4.78, 5) is 0. The highest BCUT2D eigenvalue weighted by Crippen LogP contribution is 2.36. The van der Waals surface area contributed by atoms with Crippen molar-refractivity contribution in [3.8, 4) is 0 Å². The Morgan fingerprint density at radius 2 is 2.00 bits per heavy atom. The number of hydrogen-bond donors (Lipinski definition) is 2. The van der Waals surface area contributed by atoms with Crippen LogP contribution in [0.5, 0.6) is 0 Å². The molecule has 0 saturated heterocycles. The predicted molar refractivity (Wildman–Crippen MR) is 63.6 cm³/mol. The van der Waals surface area contributed by atoms with Crippen molar-refractivity contribution < 1.29 is 15.2 Å². The second-order valence-electron chi connectivity index (χ2n) is 4.65. The van der Waals surface area contributed by atoms with E-state index in [1.54, 1.807) is 6.92 Å². The zero-order valence-corrected chi connectivity index (χ0v) is 10.2. The zero-order chi connectivity index (χ0) is 12.4. The van der Waals surface area contributed by atoms with E-state index in [1.165, 1.54) is 0 Å². The first-order chi connectivity index (χ1) is 8.19. The molecule has 17 heavy (non-hydrogen) atoms. The topological polar surface area (TPSA) is 74.4 Å². The lowest BCUT2D eigenvalue weighted by Gasteiger charge is -2.37. The summed E-state index contributed by atoms with van der Waals surface area (Å²) in [5.41, 5.74) is 1.67. The molecule has 0 unspecified atom stereocenters. The van der Waals surface area contributed by atoms with E-state index >= 15 is 0 Å². The molecule has 2 aliphatic rings. The van der Waals surface area contributed by atoms with Crippen LogP contribution in [-0.4, -0.2) is 27.9 Å². The second-order valence-corrected chi connectivity index (χ2v) is 4.65. The van der Waals surface area contributed by atoms with Gasteiger partial charge in [-0.1, -0.05) is 16.7 Å². The quantitative estimate of drug-likeness (QED) is 0.419. The lowest BCUT2D eigenvalue weighted by molar-refractivity contribution is 0.0511. The first-order valence-corrected chi connectivity index (χ1v) is 5.98. The van der Waals surface area contributed by atoms with Crippen molar-refractivity contribution in [1.82, 2.24) is 0 Å². The highest BCUT2D eigenvalue weighted by molar-refractivity contribution is 6.24. The van der Waals surface area contributed by atoms with Crippen LogP contribution >= 0.6 is 0 Å². The van der Waals surface area contributed by atoms with Crippen molar-refractivity contribution >= 4 is 11.4 Å². The van der Waals surface area contributed by atoms with Gasteiger partial charge in [0, 0.05) is 5.92 Å². The third-order valence-corrected chi connectivity index (χ3v) is 3.61. The van der Waals surface area contributed by atoms with Gasteiger partial charge in [0.1, 0.15) is 11.9 Å². The molecule has 94 valence electrons. The maximum absolute atomic E-state index is 9.22. The Hall–Kier alpha value is -1.52. The molecule has 0 aromatic heterocycles. The summed E-state index contributed by atoms with van der Waals surface area (Å²) >= 11 is 0. The smallest absolute Gasteiger partial charge is 0.107 e. The molecule has 2 atom stereocenters. The third kappa shape index (κ3) is 2.01. The van der Waals surface area contributed by atoms with Gasteiger partial charge in [-0.25, -0.2) is 0 Å². The Morgan fingerprint density at radius 1 is 1.29 bits per heavy atom. The van der Waals surface area contributed by atoms with E-state index < -0.39 is 0 Å². The van der Waals surface area contributed by atoms with Crippen LogP contribution in [0.1, 0.15) is 39.5 Å². The van der Waals surface area contributed by atoms with Crippen molar-refractivity contribution in [3.63, 3.8) is 0 Å². The molecule has 2 rings (SSSR count). The summed E-state index contributed by atoms with van der Waals surface area (Å²) in [5.74, 6) is 0.792. The minimum atomic E-state index is 0.102. The standard InChI is InChI=1S/C12H18N2O3/c1-7(13-15)11-8(2)17-10-6-4-3-5-9(10)12(11)14-16/h9-10,15-16H,3-6H2,1-2H3/b13-7+,14-12+/t9-,10+/m1/s1. The van der Waals surface area contributed by atoms with E-state index in [0.717, 1.165) is 25.7 Å². The van der Waals surface area contributed by atoms with Crippen LogP contribution in [0.4, 0.5) is 0 Å². The normalized spacial score (nSPS) is 32.4. The molecule has 0 spiro atoms. The van der Waals surface area contributed by atoms with Gasteiger partial charge in [0.05, 0.1) is 17.0 Å². The van der Waals surface area contributed by atoms with Crippen molar-refractivity contribution in [1.29, 1.82) is 0 Å². The largest absolute Gasteiger partial charge is 0.494 e. The molecule has 0 bridgehead atoms. The molecule has 1 fully saturated rings. The summed E-state index contributed by atoms with van der Waals surface area (Å²) in [6.07, 6.45) is 4.31. The lowest BCUT2D eigenvalue weighted by atomic mass is 9.78. The highest BCUT2D eigenvalue weighted by Gasteiger charge is 2.38. The van der Waals surface area contributed by atoms with Gasteiger partial charge in [0.2, 0.25) is 0 Å². The Labute approximate surface area is 100 Å². The summed E-state index contributed by atoms with van der Waals surface area (Å²) in [6, 6.07) is 0. The number of fused-ring (bicyclic) bond motifs is 1.